The van der Waals surface area contributed by atoms with Crippen molar-refractivity contribution < 1.29 is 9.13 Å². The van der Waals surface area contributed by atoms with E-state index in [-0.39, 0.29) is 35.9 Å². The van der Waals surface area contributed by atoms with E-state index in [1.807, 2.05) is 6.92 Å². The molecule has 1 aliphatic heterocycles. The molecule has 8 heteroatoms. The average molecular weight is 521 g/mol. The van der Waals surface area contributed by atoms with E-state index < -0.39 is 0 Å². The van der Waals surface area contributed by atoms with Crippen molar-refractivity contribution in [2.75, 3.05) is 59.4 Å². The Morgan fingerprint density at radius 3 is 2.24 bits per heavy atom. The SMILES string of the molecule is CCN1CCN(CC(C)CNC(=NC)NCC(C)Oc2ccc(F)cc2)CC1.I. The van der Waals surface area contributed by atoms with Crippen LogP contribution in [-0.2, 0) is 0 Å². The minimum atomic E-state index is -0.260. The number of hydrogen-bond acceptors (Lipinski definition) is 4. The number of halogens is 2. The third-order valence-corrected chi connectivity index (χ3v) is 5.03. The number of ether oxygens (including phenoxy) is 1. The Morgan fingerprint density at radius 2 is 1.66 bits per heavy atom. The molecule has 0 amide bonds. The molecule has 0 bridgehead atoms. The highest BCUT2D eigenvalue weighted by Crippen LogP contribution is 2.12. The van der Waals surface area contributed by atoms with E-state index in [0.29, 0.717) is 18.2 Å². The summed E-state index contributed by atoms with van der Waals surface area (Å²) in [4.78, 5) is 9.34. The Kier molecular flexibility index (Phi) is 12.5. The number of nitrogens with zero attached hydrogens (tertiary/aromatic N) is 3. The standard InChI is InChI=1S/C21H36FN5O.HI/c1-5-26-10-12-27(13-11-26)16-17(2)14-24-21(23-4)25-15-18(3)28-20-8-6-19(22)7-9-20;/h6-9,17-18H,5,10-16H2,1-4H3,(H2,23,24,25);1H. The topological polar surface area (TPSA) is 52.1 Å². The number of rotatable bonds is 9. The second kappa shape index (κ2) is 14.0. The van der Waals surface area contributed by atoms with E-state index in [1.54, 1.807) is 19.2 Å². The van der Waals surface area contributed by atoms with Gasteiger partial charge in [-0.25, -0.2) is 4.39 Å². The Hall–Kier alpha value is -1.13. The second-order valence-corrected chi connectivity index (χ2v) is 7.56. The molecule has 1 aromatic carbocycles. The van der Waals surface area contributed by atoms with Crippen molar-refractivity contribution in [3.63, 3.8) is 0 Å². The molecule has 2 N–H and O–H groups in total. The van der Waals surface area contributed by atoms with Gasteiger partial charge >= 0.3 is 0 Å². The zero-order valence-corrected chi connectivity index (χ0v) is 20.5. The lowest BCUT2D eigenvalue weighted by Crippen LogP contribution is -2.49. The van der Waals surface area contributed by atoms with E-state index in [4.69, 9.17) is 4.74 Å². The third-order valence-electron chi connectivity index (χ3n) is 5.03. The number of guanidine groups is 1. The highest BCUT2D eigenvalue weighted by Gasteiger charge is 2.17. The number of aliphatic imine (C=N–C) groups is 1. The first-order valence-electron chi connectivity index (χ1n) is 10.3. The fourth-order valence-corrected chi connectivity index (χ4v) is 3.31. The monoisotopic (exact) mass is 521 g/mol. The first-order chi connectivity index (χ1) is 13.5. The van der Waals surface area contributed by atoms with Crippen LogP contribution in [0.15, 0.2) is 29.3 Å². The van der Waals surface area contributed by atoms with Crippen LogP contribution in [0.2, 0.25) is 0 Å². The molecule has 0 spiro atoms. The van der Waals surface area contributed by atoms with Gasteiger partial charge in [-0.1, -0.05) is 13.8 Å². The lowest BCUT2D eigenvalue weighted by atomic mass is 10.1. The van der Waals surface area contributed by atoms with Gasteiger partial charge in [-0.3, -0.25) is 4.99 Å². The van der Waals surface area contributed by atoms with Crippen LogP contribution in [0.3, 0.4) is 0 Å². The summed E-state index contributed by atoms with van der Waals surface area (Å²) in [5, 5.41) is 6.69. The van der Waals surface area contributed by atoms with E-state index >= 15 is 0 Å². The molecule has 1 fully saturated rings. The van der Waals surface area contributed by atoms with Gasteiger partial charge in [0.1, 0.15) is 17.7 Å². The summed E-state index contributed by atoms with van der Waals surface area (Å²) < 4.78 is 18.7. The van der Waals surface area contributed by atoms with Gasteiger partial charge < -0.3 is 25.2 Å². The first kappa shape index (κ1) is 25.9. The zero-order valence-electron chi connectivity index (χ0n) is 18.2. The summed E-state index contributed by atoms with van der Waals surface area (Å²) >= 11 is 0. The van der Waals surface area contributed by atoms with Gasteiger partial charge in [0.05, 0.1) is 6.54 Å². The van der Waals surface area contributed by atoms with Crippen molar-refractivity contribution in [3.8, 4) is 5.75 Å². The third kappa shape index (κ3) is 9.95. The van der Waals surface area contributed by atoms with Crippen LogP contribution in [0.25, 0.3) is 0 Å². The maximum atomic E-state index is 13.0. The molecule has 2 unspecified atom stereocenters. The van der Waals surface area contributed by atoms with E-state index in [0.717, 1.165) is 38.7 Å². The van der Waals surface area contributed by atoms with Crippen LogP contribution >= 0.6 is 24.0 Å². The fourth-order valence-electron chi connectivity index (χ4n) is 3.31. The maximum Gasteiger partial charge on any atom is 0.191 e. The van der Waals surface area contributed by atoms with Gasteiger partial charge in [0.25, 0.3) is 0 Å². The van der Waals surface area contributed by atoms with E-state index in [2.05, 4.69) is 39.3 Å². The molecular weight excluding hydrogens is 484 g/mol. The van der Waals surface area contributed by atoms with E-state index in [1.165, 1.54) is 25.2 Å². The number of nitrogens with one attached hydrogen (secondary N) is 2. The second-order valence-electron chi connectivity index (χ2n) is 7.56. The van der Waals surface area contributed by atoms with Crippen molar-refractivity contribution in [3.05, 3.63) is 30.1 Å². The molecule has 1 aromatic rings. The number of benzene rings is 1. The predicted molar refractivity (Wildman–Crippen MR) is 129 cm³/mol. The Morgan fingerprint density at radius 1 is 1.07 bits per heavy atom. The summed E-state index contributed by atoms with van der Waals surface area (Å²) in [5.41, 5.74) is 0. The molecule has 0 radical (unpaired) electrons. The fraction of sp³-hybridized carbons (Fsp3) is 0.667. The Balaban J connectivity index is 0.00000420. The number of hydrogen-bond donors (Lipinski definition) is 2. The minimum absolute atomic E-state index is 0. The van der Waals surface area contributed by atoms with Crippen molar-refractivity contribution in [1.82, 2.24) is 20.4 Å². The highest BCUT2D eigenvalue weighted by molar-refractivity contribution is 14.0. The molecule has 2 atom stereocenters. The van der Waals surface area contributed by atoms with Crippen LogP contribution in [0.1, 0.15) is 20.8 Å². The van der Waals surface area contributed by atoms with Gasteiger partial charge in [-0.2, -0.15) is 0 Å². The molecule has 6 nitrogen and oxygen atoms in total. The Labute approximate surface area is 192 Å². The van der Waals surface area contributed by atoms with Crippen molar-refractivity contribution in [2.45, 2.75) is 26.9 Å². The molecule has 0 aliphatic carbocycles. The summed E-state index contributed by atoms with van der Waals surface area (Å²) in [6, 6.07) is 6.08. The van der Waals surface area contributed by atoms with Crippen LogP contribution in [0, 0.1) is 11.7 Å². The summed E-state index contributed by atoms with van der Waals surface area (Å²) in [6.45, 7) is 14.9. The number of likely N-dealkylation sites (N-methyl/N-ethyl adjacent to an activating group) is 1. The zero-order chi connectivity index (χ0) is 20.4. The van der Waals surface area contributed by atoms with Crippen LogP contribution in [0.5, 0.6) is 5.75 Å². The molecule has 0 saturated carbocycles. The van der Waals surface area contributed by atoms with Gasteiger partial charge in [-0.05, 0) is 43.7 Å². The molecule has 2 rings (SSSR count). The van der Waals surface area contributed by atoms with Crippen LogP contribution in [0.4, 0.5) is 4.39 Å². The van der Waals surface area contributed by atoms with Gasteiger partial charge in [0.15, 0.2) is 5.96 Å². The van der Waals surface area contributed by atoms with Crippen LogP contribution in [-0.4, -0.2) is 81.3 Å². The highest BCUT2D eigenvalue weighted by atomic mass is 127. The lowest BCUT2D eigenvalue weighted by molar-refractivity contribution is 0.124. The summed E-state index contributed by atoms with van der Waals surface area (Å²) in [5.74, 6) is 1.72. The van der Waals surface area contributed by atoms with Gasteiger partial charge in [0, 0.05) is 46.3 Å². The minimum Gasteiger partial charge on any atom is -0.489 e. The normalized spacial score (nSPS) is 17.9. The van der Waals surface area contributed by atoms with Crippen molar-refractivity contribution in [1.29, 1.82) is 0 Å². The summed E-state index contributed by atoms with van der Waals surface area (Å²) in [7, 11) is 1.77. The predicted octanol–water partition coefficient (Wildman–Crippen LogP) is 2.65. The molecular formula is C21H37FIN5O. The summed E-state index contributed by atoms with van der Waals surface area (Å²) in [6.07, 6.45) is -0.0590. The average Bonchev–Trinajstić information content (AvgIpc) is 2.70. The molecule has 1 saturated heterocycles. The van der Waals surface area contributed by atoms with Gasteiger partial charge in [-0.15, -0.1) is 24.0 Å². The quantitative estimate of drug-likeness (QED) is 0.298. The molecule has 166 valence electrons. The first-order valence-corrected chi connectivity index (χ1v) is 10.3. The molecule has 1 aliphatic rings. The van der Waals surface area contributed by atoms with E-state index in [9.17, 15) is 4.39 Å². The van der Waals surface area contributed by atoms with Crippen molar-refractivity contribution in [2.24, 2.45) is 10.9 Å². The maximum absolute atomic E-state index is 13.0. The molecule has 0 aromatic heterocycles. The number of piperazine rings is 1. The lowest BCUT2D eigenvalue weighted by Gasteiger charge is -2.35. The van der Waals surface area contributed by atoms with Gasteiger partial charge in [0.2, 0.25) is 0 Å². The molecule has 29 heavy (non-hydrogen) atoms. The van der Waals surface area contributed by atoms with Crippen molar-refractivity contribution >= 4 is 29.9 Å². The molecule has 1 heterocycles. The Bertz CT molecular complexity index is 593. The smallest absolute Gasteiger partial charge is 0.191 e. The largest absolute Gasteiger partial charge is 0.489 e. The van der Waals surface area contributed by atoms with Crippen LogP contribution < -0.4 is 15.4 Å².